The number of hydrogen-bond acceptors (Lipinski definition) is 3. The average Bonchev–Trinajstić information content (AvgIpc) is 3.01. The van der Waals surface area contributed by atoms with Crippen LogP contribution in [-0.4, -0.2) is 47.6 Å². The van der Waals surface area contributed by atoms with Gasteiger partial charge in [-0.15, -0.1) is 0 Å². The minimum atomic E-state index is 1.21. The summed E-state index contributed by atoms with van der Waals surface area (Å²) in [4.78, 5) is 2.57. The molecule has 0 amide bonds. The van der Waals surface area contributed by atoms with E-state index in [4.69, 9.17) is 0 Å². The fourth-order valence-corrected chi connectivity index (χ4v) is 3.00. The molecular weight excluding hydrogens is 186 g/mol. The zero-order valence-electron chi connectivity index (χ0n) is 9.49. The van der Waals surface area contributed by atoms with Gasteiger partial charge in [0, 0.05) is 32.7 Å². The largest absolute Gasteiger partial charge is 0.357 e. The number of hydrazine groups is 1. The molecule has 3 aliphatic rings. The molecule has 3 nitrogen and oxygen atoms in total. The van der Waals surface area contributed by atoms with Gasteiger partial charge in [-0.25, -0.2) is 5.01 Å². The Balaban J connectivity index is 1.70. The monoisotopic (exact) mass is 207 g/mol. The minimum absolute atomic E-state index is 1.21. The normalized spacial score (nSPS) is 27.9. The van der Waals surface area contributed by atoms with Crippen LogP contribution in [0.3, 0.4) is 0 Å². The predicted molar refractivity (Wildman–Crippen MR) is 61.0 cm³/mol. The van der Waals surface area contributed by atoms with E-state index in [0.29, 0.717) is 0 Å². The van der Waals surface area contributed by atoms with Gasteiger partial charge in [-0.05, 0) is 38.2 Å². The van der Waals surface area contributed by atoms with Crippen molar-refractivity contribution in [3.63, 3.8) is 0 Å². The second-order valence-electron chi connectivity index (χ2n) is 4.83. The SMILES string of the molecule is C1=C(N2CCCC2)N(N2CCCC2)CC1. The Hall–Kier alpha value is -0.700. The van der Waals surface area contributed by atoms with Crippen molar-refractivity contribution in [3.8, 4) is 0 Å². The molecule has 0 saturated carbocycles. The Morgan fingerprint density at radius 1 is 0.800 bits per heavy atom. The van der Waals surface area contributed by atoms with E-state index in [2.05, 4.69) is 21.0 Å². The van der Waals surface area contributed by atoms with Gasteiger partial charge in [-0.2, -0.15) is 0 Å². The van der Waals surface area contributed by atoms with Gasteiger partial charge in [0.25, 0.3) is 0 Å². The molecule has 3 heterocycles. The van der Waals surface area contributed by atoms with Crippen molar-refractivity contribution >= 4 is 0 Å². The molecule has 3 rings (SSSR count). The van der Waals surface area contributed by atoms with E-state index in [1.807, 2.05) is 0 Å². The first-order valence-corrected chi connectivity index (χ1v) is 6.43. The van der Waals surface area contributed by atoms with Gasteiger partial charge in [-0.1, -0.05) is 0 Å². The quantitative estimate of drug-likeness (QED) is 0.681. The lowest BCUT2D eigenvalue weighted by Gasteiger charge is -2.36. The van der Waals surface area contributed by atoms with Crippen molar-refractivity contribution in [3.05, 3.63) is 11.9 Å². The van der Waals surface area contributed by atoms with Crippen molar-refractivity contribution in [2.24, 2.45) is 0 Å². The van der Waals surface area contributed by atoms with E-state index < -0.39 is 0 Å². The van der Waals surface area contributed by atoms with E-state index in [9.17, 15) is 0 Å². The molecular formula is C12H21N3. The zero-order valence-corrected chi connectivity index (χ0v) is 9.49. The fraction of sp³-hybridized carbons (Fsp3) is 0.833. The molecule has 0 aromatic carbocycles. The molecule has 15 heavy (non-hydrogen) atoms. The minimum Gasteiger partial charge on any atom is -0.357 e. The Bertz CT molecular complexity index is 250. The van der Waals surface area contributed by atoms with Gasteiger partial charge in [0.2, 0.25) is 0 Å². The van der Waals surface area contributed by atoms with Gasteiger partial charge in [-0.3, -0.25) is 5.01 Å². The molecule has 0 atom stereocenters. The van der Waals surface area contributed by atoms with Crippen LogP contribution in [0, 0.1) is 0 Å². The third-order valence-corrected chi connectivity index (χ3v) is 3.79. The molecule has 2 fully saturated rings. The van der Waals surface area contributed by atoms with Crippen LogP contribution in [-0.2, 0) is 0 Å². The van der Waals surface area contributed by atoms with Crippen LogP contribution in [0.25, 0.3) is 0 Å². The summed E-state index contributed by atoms with van der Waals surface area (Å²) >= 11 is 0. The molecule has 0 aromatic heterocycles. The van der Waals surface area contributed by atoms with E-state index in [0.717, 1.165) is 0 Å². The second-order valence-corrected chi connectivity index (χ2v) is 4.83. The van der Waals surface area contributed by atoms with E-state index in [1.54, 1.807) is 0 Å². The molecule has 0 aromatic rings. The van der Waals surface area contributed by atoms with Crippen LogP contribution in [0.5, 0.6) is 0 Å². The standard InChI is InChI=1S/C12H21N3/c1-2-8-13(7-1)12-6-5-11-15(12)14-9-3-4-10-14/h6H,1-5,7-11H2. The maximum absolute atomic E-state index is 2.57. The van der Waals surface area contributed by atoms with Crippen molar-refractivity contribution in [2.75, 3.05) is 32.7 Å². The van der Waals surface area contributed by atoms with Crippen molar-refractivity contribution in [1.82, 2.24) is 14.9 Å². The van der Waals surface area contributed by atoms with Gasteiger partial charge >= 0.3 is 0 Å². The summed E-state index contributed by atoms with van der Waals surface area (Å²) < 4.78 is 0. The van der Waals surface area contributed by atoms with Crippen molar-refractivity contribution in [2.45, 2.75) is 32.1 Å². The fourth-order valence-electron chi connectivity index (χ4n) is 3.00. The summed E-state index contributed by atoms with van der Waals surface area (Å²) in [6.07, 6.45) is 9.19. The maximum atomic E-state index is 2.57. The molecule has 3 heteroatoms. The smallest absolute Gasteiger partial charge is 0.115 e. The van der Waals surface area contributed by atoms with Crippen LogP contribution < -0.4 is 0 Å². The molecule has 0 bridgehead atoms. The van der Waals surface area contributed by atoms with Gasteiger partial charge in [0.1, 0.15) is 5.82 Å². The Morgan fingerprint density at radius 2 is 1.47 bits per heavy atom. The van der Waals surface area contributed by atoms with Crippen molar-refractivity contribution in [1.29, 1.82) is 0 Å². The first-order valence-electron chi connectivity index (χ1n) is 6.43. The molecule has 2 saturated heterocycles. The molecule has 84 valence electrons. The van der Waals surface area contributed by atoms with Crippen molar-refractivity contribution < 1.29 is 0 Å². The molecule has 0 unspecified atom stereocenters. The lowest BCUT2D eigenvalue weighted by atomic mass is 10.4. The summed E-state index contributed by atoms with van der Waals surface area (Å²) in [6.45, 7) is 6.30. The number of rotatable bonds is 2. The Morgan fingerprint density at radius 3 is 2.20 bits per heavy atom. The summed E-state index contributed by atoms with van der Waals surface area (Å²) in [5.41, 5.74) is 0. The van der Waals surface area contributed by atoms with Crippen LogP contribution in [0.4, 0.5) is 0 Å². The lowest BCUT2D eigenvalue weighted by molar-refractivity contribution is 0.0163. The maximum Gasteiger partial charge on any atom is 0.115 e. The topological polar surface area (TPSA) is 9.72 Å². The molecule has 0 radical (unpaired) electrons. The van der Waals surface area contributed by atoms with Crippen LogP contribution in [0.15, 0.2) is 11.9 Å². The predicted octanol–water partition coefficient (Wildman–Crippen LogP) is 1.64. The molecule has 3 aliphatic heterocycles. The van der Waals surface area contributed by atoms with Gasteiger partial charge in [0.05, 0.1) is 0 Å². The van der Waals surface area contributed by atoms with Gasteiger partial charge < -0.3 is 4.90 Å². The summed E-state index contributed by atoms with van der Waals surface area (Å²) in [6, 6.07) is 0. The molecule has 0 spiro atoms. The zero-order chi connectivity index (χ0) is 10.1. The lowest BCUT2D eigenvalue weighted by Crippen LogP contribution is -2.42. The Labute approximate surface area is 92.3 Å². The first kappa shape index (κ1) is 9.52. The average molecular weight is 207 g/mol. The Kier molecular flexibility index (Phi) is 2.57. The highest BCUT2D eigenvalue weighted by Crippen LogP contribution is 2.26. The van der Waals surface area contributed by atoms with Crippen LogP contribution >= 0.6 is 0 Å². The summed E-state index contributed by atoms with van der Waals surface area (Å²) in [5.74, 6) is 1.51. The van der Waals surface area contributed by atoms with E-state index in [1.165, 1.54) is 70.6 Å². The third kappa shape index (κ3) is 1.73. The number of likely N-dealkylation sites (tertiary alicyclic amines) is 1. The highest BCUT2D eigenvalue weighted by Gasteiger charge is 2.28. The summed E-state index contributed by atoms with van der Waals surface area (Å²) in [7, 11) is 0. The second kappa shape index (κ2) is 4.05. The third-order valence-electron chi connectivity index (χ3n) is 3.79. The first-order chi connectivity index (χ1) is 7.45. The summed E-state index contributed by atoms with van der Waals surface area (Å²) in [5, 5.41) is 5.09. The van der Waals surface area contributed by atoms with Crippen LogP contribution in [0.1, 0.15) is 32.1 Å². The van der Waals surface area contributed by atoms with Gasteiger partial charge in [0.15, 0.2) is 0 Å². The van der Waals surface area contributed by atoms with Crippen LogP contribution in [0.2, 0.25) is 0 Å². The number of nitrogens with zero attached hydrogens (tertiary/aromatic N) is 3. The number of hydrogen-bond donors (Lipinski definition) is 0. The van der Waals surface area contributed by atoms with E-state index >= 15 is 0 Å². The molecule has 0 N–H and O–H groups in total. The van der Waals surface area contributed by atoms with E-state index in [-0.39, 0.29) is 0 Å². The highest BCUT2D eigenvalue weighted by atomic mass is 15.7. The molecule has 0 aliphatic carbocycles. The highest BCUT2D eigenvalue weighted by molar-refractivity contribution is 5.07.